The van der Waals surface area contributed by atoms with Crippen LogP contribution in [0.4, 0.5) is 4.39 Å². The van der Waals surface area contributed by atoms with Crippen molar-refractivity contribution >= 4 is 0 Å². The Labute approximate surface area is 97.1 Å². The maximum atomic E-state index is 13.0. The molecule has 0 bridgehead atoms. The first-order valence-corrected chi connectivity index (χ1v) is 5.96. The average molecular weight is 221 g/mol. The van der Waals surface area contributed by atoms with Crippen LogP contribution in [0.1, 0.15) is 38.7 Å². The minimum atomic E-state index is -0.119. The molecule has 0 saturated heterocycles. The van der Waals surface area contributed by atoms with Crippen molar-refractivity contribution in [3.8, 4) is 0 Å². The van der Waals surface area contributed by atoms with Crippen LogP contribution in [0.3, 0.4) is 0 Å². The Morgan fingerprint density at radius 3 is 2.75 bits per heavy atom. The van der Waals surface area contributed by atoms with E-state index in [0.717, 1.165) is 12.1 Å². The van der Waals surface area contributed by atoms with Crippen molar-refractivity contribution in [2.24, 2.45) is 5.92 Å². The van der Waals surface area contributed by atoms with Crippen LogP contribution in [-0.2, 0) is 0 Å². The smallest absolute Gasteiger partial charge is 0.123 e. The summed E-state index contributed by atoms with van der Waals surface area (Å²) in [6.45, 7) is 7.55. The second kappa shape index (κ2) is 4.17. The summed E-state index contributed by atoms with van der Waals surface area (Å²) in [4.78, 5) is 0. The fourth-order valence-electron chi connectivity index (χ4n) is 2.06. The molecule has 1 aromatic rings. The minimum Gasteiger partial charge on any atom is -0.312 e. The first kappa shape index (κ1) is 11.6. The van der Waals surface area contributed by atoms with Gasteiger partial charge in [0, 0.05) is 5.54 Å². The summed E-state index contributed by atoms with van der Waals surface area (Å²) >= 11 is 0. The molecular weight excluding hydrogens is 201 g/mol. The summed E-state index contributed by atoms with van der Waals surface area (Å²) in [5, 5.41) is 3.50. The zero-order valence-electron chi connectivity index (χ0n) is 10.3. The topological polar surface area (TPSA) is 12.0 Å². The van der Waals surface area contributed by atoms with Gasteiger partial charge in [-0.05, 0) is 63.3 Å². The summed E-state index contributed by atoms with van der Waals surface area (Å²) in [7, 11) is 0. The first-order chi connectivity index (χ1) is 7.46. The molecule has 1 aromatic carbocycles. The number of hydrogen-bond acceptors (Lipinski definition) is 1. The molecule has 1 saturated carbocycles. The fourth-order valence-corrected chi connectivity index (χ4v) is 2.06. The van der Waals surface area contributed by atoms with Crippen LogP contribution in [-0.4, -0.2) is 12.1 Å². The van der Waals surface area contributed by atoms with Gasteiger partial charge >= 0.3 is 0 Å². The van der Waals surface area contributed by atoms with E-state index in [2.05, 4.69) is 26.1 Å². The highest BCUT2D eigenvalue weighted by atomic mass is 19.1. The number of halogens is 1. The van der Waals surface area contributed by atoms with Crippen LogP contribution in [0.15, 0.2) is 24.3 Å². The molecular formula is C14H20FN. The Bertz CT molecular complexity index is 367. The van der Waals surface area contributed by atoms with Gasteiger partial charge in [0.2, 0.25) is 0 Å². The van der Waals surface area contributed by atoms with E-state index in [9.17, 15) is 4.39 Å². The lowest BCUT2D eigenvalue weighted by Crippen LogP contribution is -2.37. The molecule has 2 atom stereocenters. The van der Waals surface area contributed by atoms with Crippen molar-refractivity contribution in [2.75, 3.05) is 6.54 Å². The molecule has 1 nitrogen and oxygen atoms in total. The predicted octanol–water partition coefficient (Wildman–Crippen LogP) is 3.32. The molecule has 1 fully saturated rings. The third-order valence-electron chi connectivity index (χ3n) is 3.09. The zero-order chi connectivity index (χ0) is 11.8. The minimum absolute atomic E-state index is 0.119. The van der Waals surface area contributed by atoms with Crippen molar-refractivity contribution in [2.45, 2.75) is 38.6 Å². The highest BCUT2D eigenvalue weighted by Crippen LogP contribution is 2.47. The molecule has 2 unspecified atom stereocenters. The molecule has 0 radical (unpaired) electrons. The van der Waals surface area contributed by atoms with E-state index in [0.29, 0.717) is 11.8 Å². The molecule has 1 aliphatic carbocycles. The quantitative estimate of drug-likeness (QED) is 0.825. The summed E-state index contributed by atoms with van der Waals surface area (Å²) in [5.74, 6) is 1.12. The largest absolute Gasteiger partial charge is 0.312 e. The lowest BCUT2D eigenvalue weighted by molar-refractivity contribution is 0.414. The monoisotopic (exact) mass is 221 g/mol. The molecule has 1 aliphatic rings. The van der Waals surface area contributed by atoms with E-state index in [1.807, 2.05) is 6.07 Å². The summed E-state index contributed by atoms with van der Waals surface area (Å²) < 4.78 is 13.0. The molecule has 88 valence electrons. The molecule has 2 rings (SSSR count). The first-order valence-electron chi connectivity index (χ1n) is 5.96. The van der Waals surface area contributed by atoms with Gasteiger partial charge in [0.15, 0.2) is 0 Å². The van der Waals surface area contributed by atoms with Crippen LogP contribution >= 0.6 is 0 Å². The predicted molar refractivity (Wildman–Crippen MR) is 65.0 cm³/mol. The van der Waals surface area contributed by atoms with Crippen LogP contribution in [0.5, 0.6) is 0 Å². The third kappa shape index (κ3) is 3.05. The van der Waals surface area contributed by atoms with Crippen molar-refractivity contribution in [1.29, 1.82) is 0 Å². The van der Waals surface area contributed by atoms with Crippen LogP contribution < -0.4 is 5.32 Å². The molecule has 1 N–H and O–H groups in total. The van der Waals surface area contributed by atoms with E-state index < -0.39 is 0 Å². The Hall–Kier alpha value is -0.890. The normalized spacial score (nSPS) is 24.5. The van der Waals surface area contributed by atoms with Gasteiger partial charge in [-0.1, -0.05) is 12.1 Å². The number of hydrogen-bond donors (Lipinski definition) is 1. The van der Waals surface area contributed by atoms with Crippen molar-refractivity contribution in [1.82, 2.24) is 5.32 Å². The van der Waals surface area contributed by atoms with Gasteiger partial charge in [0.25, 0.3) is 0 Å². The van der Waals surface area contributed by atoms with Crippen molar-refractivity contribution < 1.29 is 4.39 Å². The van der Waals surface area contributed by atoms with E-state index in [4.69, 9.17) is 0 Å². The fraction of sp³-hybridized carbons (Fsp3) is 0.571. The summed E-state index contributed by atoms with van der Waals surface area (Å²) in [5.41, 5.74) is 1.33. The molecule has 16 heavy (non-hydrogen) atoms. The van der Waals surface area contributed by atoms with Gasteiger partial charge in [0.1, 0.15) is 5.82 Å². The summed E-state index contributed by atoms with van der Waals surface area (Å²) in [6, 6.07) is 7.01. The number of nitrogens with one attached hydrogen (secondary N) is 1. The Balaban J connectivity index is 1.87. The van der Waals surface area contributed by atoms with Crippen molar-refractivity contribution in [3.05, 3.63) is 35.6 Å². The van der Waals surface area contributed by atoms with Gasteiger partial charge in [0.05, 0.1) is 0 Å². The highest BCUT2D eigenvalue weighted by Gasteiger charge is 2.38. The lowest BCUT2D eigenvalue weighted by atomic mass is 10.1. The lowest BCUT2D eigenvalue weighted by Gasteiger charge is -2.20. The van der Waals surface area contributed by atoms with Crippen LogP contribution in [0, 0.1) is 11.7 Å². The van der Waals surface area contributed by atoms with E-state index in [-0.39, 0.29) is 11.4 Å². The molecule has 0 amide bonds. The Morgan fingerprint density at radius 1 is 1.38 bits per heavy atom. The van der Waals surface area contributed by atoms with Crippen LogP contribution in [0.2, 0.25) is 0 Å². The molecule has 0 aliphatic heterocycles. The second-order valence-corrected chi connectivity index (χ2v) is 5.79. The molecule has 0 aromatic heterocycles. The van der Waals surface area contributed by atoms with E-state index in [1.54, 1.807) is 12.1 Å². The van der Waals surface area contributed by atoms with Crippen LogP contribution in [0.25, 0.3) is 0 Å². The average Bonchev–Trinajstić information content (AvgIpc) is 2.93. The molecule has 2 heteroatoms. The maximum absolute atomic E-state index is 13.0. The van der Waals surface area contributed by atoms with Gasteiger partial charge in [-0.2, -0.15) is 0 Å². The Kier molecular flexibility index (Phi) is 3.02. The molecule has 0 spiro atoms. The zero-order valence-corrected chi connectivity index (χ0v) is 10.3. The number of benzene rings is 1. The van der Waals surface area contributed by atoms with Crippen molar-refractivity contribution in [3.63, 3.8) is 0 Å². The van der Waals surface area contributed by atoms with E-state index >= 15 is 0 Å². The van der Waals surface area contributed by atoms with Gasteiger partial charge in [-0.15, -0.1) is 0 Å². The van der Waals surface area contributed by atoms with Gasteiger partial charge in [-0.3, -0.25) is 0 Å². The highest BCUT2D eigenvalue weighted by molar-refractivity contribution is 5.26. The maximum Gasteiger partial charge on any atom is 0.123 e. The standard InChI is InChI=1S/C14H20FN/c1-14(2,3)16-9-11-8-13(11)10-5-4-6-12(15)7-10/h4-7,11,13,16H,8-9H2,1-3H3. The van der Waals surface area contributed by atoms with E-state index in [1.165, 1.54) is 12.5 Å². The SMILES string of the molecule is CC(C)(C)NCC1CC1c1cccc(F)c1. The third-order valence-corrected chi connectivity index (χ3v) is 3.09. The van der Waals surface area contributed by atoms with Gasteiger partial charge < -0.3 is 5.32 Å². The summed E-state index contributed by atoms with van der Waals surface area (Å²) in [6.07, 6.45) is 1.19. The second-order valence-electron chi connectivity index (χ2n) is 5.79. The number of rotatable bonds is 3. The molecule has 0 heterocycles. The Morgan fingerprint density at radius 2 is 2.12 bits per heavy atom. The van der Waals surface area contributed by atoms with Gasteiger partial charge in [-0.25, -0.2) is 4.39 Å².